The molecule has 1 aliphatic rings. The van der Waals surface area contributed by atoms with E-state index in [1.54, 1.807) is 0 Å². The summed E-state index contributed by atoms with van der Waals surface area (Å²) in [6.45, 7) is 2.08. The van der Waals surface area contributed by atoms with E-state index in [9.17, 15) is 0 Å². The van der Waals surface area contributed by atoms with Gasteiger partial charge in [-0.05, 0) is 25.3 Å². The van der Waals surface area contributed by atoms with E-state index in [0.717, 1.165) is 16.8 Å². The number of nitrogen functional groups attached to an aromatic ring is 1. The first-order valence-electron chi connectivity index (χ1n) is 6.58. The van der Waals surface area contributed by atoms with E-state index in [1.807, 2.05) is 0 Å². The van der Waals surface area contributed by atoms with Crippen molar-refractivity contribution in [1.82, 2.24) is 5.16 Å². The molecule has 1 aromatic carbocycles. The van der Waals surface area contributed by atoms with Gasteiger partial charge in [-0.25, -0.2) is 0 Å². The van der Waals surface area contributed by atoms with E-state index in [0.29, 0.717) is 11.8 Å². The summed E-state index contributed by atoms with van der Waals surface area (Å²) in [5, 5.41) is 4.20. The van der Waals surface area contributed by atoms with Gasteiger partial charge in [0.2, 0.25) is 5.88 Å². The molecule has 1 heterocycles. The Morgan fingerprint density at radius 3 is 2.50 bits per heavy atom. The van der Waals surface area contributed by atoms with Crippen LogP contribution in [0.4, 0.5) is 5.88 Å². The van der Waals surface area contributed by atoms with E-state index in [-0.39, 0.29) is 0 Å². The molecule has 1 saturated carbocycles. The van der Waals surface area contributed by atoms with Crippen LogP contribution in [0.2, 0.25) is 0 Å². The molecule has 0 aliphatic heterocycles. The van der Waals surface area contributed by atoms with Gasteiger partial charge < -0.3 is 10.3 Å². The van der Waals surface area contributed by atoms with Crippen molar-refractivity contribution in [2.45, 2.75) is 38.5 Å². The van der Waals surface area contributed by atoms with Crippen molar-refractivity contribution < 1.29 is 4.52 Å². The quantitative estimate of drug-likeness (QED) is 0.869. The lowest BCUT2D eigenvalue weighted by Gasteiger charge is -2.08. The molecule has 0 atom stereocenters. The summed E-state index contributed by atoms with van der Waals surface area (Å²) in [5.41, 5.74) is 10.4. The number of aryl methyl sites for hydroxylation is 1. The maximum absolute atomic E-state index is 5.95. The second-order valence-corrected chi connectivity index (χ2v) is 5.15. The Kier molecular flexibility index (Phi) is 2.82. The molecule has 0 radical (unpaired) electrons. The molecule has 3 nitrogen and oxygen atoms in total. The van der Waals surface area contributed by atoms with Crippen molar-refractivity contribution in [3.63, 3.8) is 0 Å². The number of nitrogens with two attached hydrogens (primary N) is 1. The van der Waals surface area contributed by atoms with Crippen LogP contribution in [0.15, 0.2) is 28.8 Å². The normalized spacial score (nSPS) is 16.3. The zero-order valence-electron chi connectivity index (χ0n) is 10.6. The van der Waals surface area contributed by atoms with Crippen LogP contribution in [0, 0.1) is 6.92 Å². The maximum atomic E-state index is 5.95. The summed E-state index contributed by atoms with van der Waals surface area (Å²) in [6, 6.07) is 8.38. The average molecular weight is 242 g/mol. The minimum atomic E-state index is 0.445. The second kappa shape index (κ2) is 4.48. The number of hydrogen-bond donors (Lipinski definition) is 1. The van der Waals surface area contributed by atoms with Gasteiger partial charge in [0.15, 0.2) is 0 Å². The fraction of sp³-hybridized carbons (Fsp3) is 0.400. The number of benzene rings is 1. The topological polar surface area (TPSA) is 52.0 Å². The highest BCUT2D eigenvalue weighted by Crippen LogP contribution is 2.41. The molecule has 2 aromatic rings. The molecule has 94 valence electrons. The summed E-state index contributed by atoms with van der Waals surface area (Å²) in [5.74, 6) is 0.961. The Labute approximate surface area is 107 Å². The van der Waals surface area contributed by atoms with Crippen LogP contribution >= 0.6 is 0 Å². The molecule has 3 heteroatoms. The summed E-state index contributed by atoms with van der Waals surface area (Å²) < 4.78 is 5.22. The SMILES string of the molecule is Cc1ccc(-c2c(C3CCCC3)noc2N)cc1. The smallest absolute Gasteiger partial charge is 0.230 e. The van der Waals surface area contributed by atoms with Gasteiger partial charge in [-0.15, -0.1) is 0 Å². The Hall–Kier alpha value is -1.77. The van der Waals surface area contributed by atoms with Crippen LogP contribution in [0.5, 0.6) is 0 Å². The monoisotopic (exact) mass is 242 g/mol. The van der Waals surface area contributed by atoms with Crippen LogP contribution in [-0.2, 0) is 0 Å². The Bertz CT molecular complexity index is 536. The van der Waals surface area contributed by atoms with Crippen LogP contribution in [-0.4, -0.2) is 5.16 Å². The molecule has 0 bridgehead atoms. The maximum Gasteiger partial charge on any atom is 0.230 e. The summed E-state index contributed by atoms with van der Waals surface area (Å²) >= 11 is 0. The van der Waals surface area contributed by atoms with Crippen molar-refractivity contribution >= 4 is 5.88 Å². The van der Waals surface area contributed by atoms with Gasteiger partial charge in [0.1, 0.15) is 0 Å². The standard InChI is InChI=1S/C15H18N2O/c1-10-6-8-11(9-7-10)13-14(17-18-15(13)16)12-4-2-3-5-12/h6-9,12H,2-5,16H2,1H3. The summed E-state index contributed by atoms with van der Waals surface area (Å²) in [4.78, 5) is 0. The molecule has 1 aliphatic carbocycles. The fourth-order valence-corrected chi connectivity index (χ4v) is 2.80. The van der Waals surface area contributed by atoms with Crippen LogP contribution in [0.25, 0.3) is 11.1 Å². The van der Waals surface area contributed by atoms with Crippen LogP contribution in [0.3, 0.4) is 0 Å². The number of aromatic nitrogens is 1. The first-order chi connectivity index (χ1) is 8.75. The lowest BCUT2D eigenvalue weighted by Crippen LogP contribution is -1.96. The van der Waals surface area contributed by atoms with E-state index < -0.39 is 0 Å². The van der Waals surface area contributed by atoms with Gasteiger partial charge >= 0.3 is 0 Å². The first kappa shape index (κ1) is 11.3. The third-order valence-electron chi connectivity index (χ3n) is 3.83. The van der Waals surface area contributed by atoms with Gasteiger partial charge in [-0.2, -0.15) is 0 Å². The first-order valence-corrected chi connectivity index (χ1v) is 6.58. The van der Waals surface area contributed by atoms with Gasteiger partial charge in [0.05, 0.1) is 11.3 Å². The third kappa shape index (κ3) is 1.90. The fourth-order valence-electron chi connectivity index (χ4n) is 2.80. The molecular formula is C15H18N2O. The molecule has 1 aromatic heterocycles. The minimum absolute atomic E-state index is 0.445. The molecule has 3 rings (SSSR count). The van der Waals surface area contributed by atoms with Crippen molar-refractivity contribution in [3.8, 4) is 11.1 Å². The predicted octanol–water partition coefficient (Wildman–Crippen LogP) is 3.89. The van der Waals surface area contributed by atoms with Crippen molar-refractivity contribution in [2.75, 3.05) is 5.73 Å². The van der Waals surface area contributed by atoms with Crippen molar-refractivity contribution in [2.24, 2.45) is 0 Å². The predicted molar refractivity (Wildman–Crippen MR) is 72.3 cm³/mol. The van der Waals surface area contributed by atoms with Crippen LogP contribution in [0.1, 0.15) is 42.9 Å². The lowest BCUT2D eigenvalue weighted by atomic mass is 9.95. The molecule has 0 saturated heterocycles. The third-order valence-corrected chi connectivity index (χ3v) is 3.83. The van der Waals surface area contributed by atoms with Gasteiger partial charge in [0, 0.05) is 5.92 Å². The molecule has 0 spiro atoms. The van der Waals surface area contributed by atoms with Crippen molar-refractivity contribution in [3.05, 3.63) is 35.5 Å². The number of rotatable bonds is 2. The van der Waals surface area contributed by atoms with E-state index in [4.69, 9.17) is 10.3 Å². The molecule has 2 N–H and O–H groups in total. The molecule has 1 fully saturated rings. The van der Waals surface area contributed by atoms with Gasteiger partial charge in [-0.3, -0.25) is 0 Å². The minimum Gasteiger partial charge on any atom is -0.367 e. The second-order valence-electron chi connectivity index (χ2n) is 5.15. The summed E-state index contributed by atoms with van der Waals surface area (Å²) in [6.07, 6.45) is 4.96. The highest BCUT2D eigenvalue weighted by atomic mass is 16.5. The Morgan fingerprint density at radius 1 is 1.17 bits per heavy atom. The zero-order valence-corrected chi connectivity index (χ0v) is 10.6. The Morgan fingerprint density at radius 2 is 1.83 bits per heavy atom. The largest absolute Gasteiger partial charge is 0.367 e. The highest BCUT2D eigenvalue weighted by Gasteiger charge is 2.26. The highest BCUT2D eigenvalue weighted by molar-refractivity contribution is 5.75. The lowest BCUT2D eigenvalue weighted by molar-refractivity contribution is 0.420. The van der Waals surface area contributed by atoms with E-state index in [1.165, 1.54) is 31.2 Å². The van der Waals surface area contributed by atoms with Crippen molar-refractivity contribution in [1.29, 1.82) is 0 Å². The molecular weight excluding hydrogens is 224 g/mol. The van der Waals surface area contributed by atoms with Gasteiger partial charge in [-0.1, -0.05) is 47.8 Å². The number of anilines is 1. The van der Waals surface area contributed by atoms with Gasteiger partial charge in [0.25, 0.3) is 0 Å². The van der Waals surface area contributed by atoms with Crippen LogP contribution < -0.4 is 5.73 Å². The average Bonchev–Trinajstić information content (AvgIpc) is 2.99. The summed E-state index contributed by atoms with van der Waals surface area (Å²) in [7, 11) is 0. The van der Waals surface area contributed by atoms with E-state index >= 15 is 0 Å². The molecule has 18 heavy (non-hydrogen) atoms. The van der Waals surface area contributed by atoms with E-state index in [2.05, 4.69) is 36.3 Å². The number of hydrogen-bond acceptors (Lipinski definition) is 3. The Balaban J connectivity index is 2.04. The number of nitrogens with zero attached hydrogens (tertiary/aromatic N) is 1. The molecule has 0 amide bonds. The molecule has 0 unspecified atom stereocenters. The zero-order chi connectivity index (χ0) is 12.5.